The molecule has 0 aliphatic rings. The number of aromatic amines is 1. The van der Waals surface area contributed by atoms with Gasteiger partial charge in [0.05, 0.1) is 0 Å². The third-order valence-corrected chi connectivity index (χ3v) is 4.09. The van der Waals surface area contributed by atoms with Crippen molar-refractivity contribution in [2.45, 2.75) is 33.2 Å². The molecule has 110 valence electrons. The molecule has 3 aromatic rings. The maximum Gasteiger partial charge on any atom is 0.0465 e. The minimum Gasteiger partial charge on any atom is -0.355 e. The molecule has 0 aliphatic carbocycles. The first-order valence-corrected chi connectivity index (χ1v) is 7.92. The predicted molar refractivity (Wildman–Crippen MR) is 91.7 cm³/mol. The quantitative estimate of drug-likeness (QED) is 0.675. The van der Waals surface area contributed by atoms with E-state index in [1.165, 1.54) is 33.8 Å². The third-order valence-electron chi connectivity index (χ3n) is 4.09. The van der Waals surface area contributed by atoms with Crippen molar-refractivity contribution in [2.24, 2.45) is 5.92 Å². The highest BCUT2D eigenvalue weighted by Gasteiger charge is 2.14. The van der Waals surface area contributed by atoms with E-state index in [-0.39, 0.29) is 0 Å². The van der Waals surface area contributed by atoms with Crippen molar-refractivity contribution in [3.63, 3.8) is 0 Å². The van der Waals surface area contributed by atoms with E-state index in [1.54, 1.807) is 0 Å². The number of para-hydroxylation sites is 1. The number of rotatable bonds is 5. The van der Waals surface area contributed by atoms with Crippen LogP contribution >= 0.6 is 0 Å². The largest absolute Gasteiger partial charge is 0.355 e. The van der Waals surface area contributed by atoms with Crippen LogP contribution in [0.25, 0.3) is 21.8 Å². The van der Waals surface area contributed by atoms with E-state index in [0.717, 1.165) is 6.54 Å². The molecule has 0 saturated carbocycles. The first kappa shape index (κ1) is 14.2. The van der Waals surface area contributed by atoms with Crippen molar-refractivity contribution < 1.29 is 0 Å². The van der Waals surface area contributed by atoms with Crippen LogP contribution in [0.2, 0.25) is 0 Å². The summed E-state index contributed by atoms with van der Waals surface area (Å²) >= 11 is 0. The molecule has 0 bridgehead atoms. The number of hydrogen-bond acceptors (Lipinski definition) is 1. The standard InChI is InChI=1S/C19H24N2/c1-4-20-19(11-13(2)3)14-9-10-18-16(12-14)15-7-5-6-8-17(15)21-18/h5-10,12-13,19-21H,4,11H2,1-3H3. The van der Waals surface area contributed by atoms with Crippen molar-refractivity contribution >= 4 is 21.8 Å². The minimum atomic E-state index is 0.438. The van der Waals surface area contributed by atoms with Gasteiger partial charge >= 0.3 is 0 Å². The van der Waals surface area contributed by atoms with Crippen LogP contribution in [0.4, 0.5) is 0 Å². The molecule has 2 nitrogen and oxygen atoms in total. The molecule has 1 atom stereocenters. The molecule has 0 spiro atoms. The lowest BCUT2D eigenvalue weighted by Crippen LogP contribution is -2.22. The summed E-state index contributed by atoms with van der Waals surface area (Å²) in [4.78, 5) is 3.50. The van der Waals surface area contributed by atoms with E-state index in [9.17, 15) is 0 Å². The fourth-order valence-corrected chi connectivity index (χ4v) is 3.14. The van der Waals surface area contributed by atoms with Gasteiger partial charge in [-0.25, -0.2) is 0 Å². The number of hydrogen-bond donors (Lipinski definition) is 2. The molecular weight excluding hydrogens is 256 g/mol. The molecule has 2 heteroatoms. The van der Waals surface area contributed by atoms with Crippen LogP contribution in [0.15, 0.2) is 42.5 Å². The second-order valence-corrected chi connectivity index (χ2v) is 6.22. The van der Waals surface area contributed by atoms with Crippen LogP contribution in [0.5, 0.6) is 0 Å². The Hall–Kier alpha value is -1.80. The Labute approximate surface area is 126 Å². The van der Waals surface area contributed by atoms with Crippen LogP contribution in [0, 0.1) is 5.92 Å². The van der Waals surface area contributed by atoms with E-state index >= 15 is 0 Å². The highest BCUT2D eigenvalue weighted by atomic mass is 14.9. The van der Waals surface area contributed by atoms with Crippen LogP contribution in [-0.4, -0.2) is 11.5 Å². The SMILES string of the molecule is CCNC(CC(C)C)c1ccc2[nH]c3ccccc3c2c1. The van der Waals surface area contributed by atoms with Gasteiger partial charge in [0.15, 0.2) is 0 Å². The molecule has 0 aliphatic heterocycles. The number of nitrogens with one attached hydrogen (secondary N) is 2. The van der Waals surface area contributed by atoms with Crippen LogP contribution < -0.4 is 5.32 Å². The molecule has 2 aromatic carbocycles. The molecule has 1 unspecified atom stereocenters. The van der Waals surface area contributed by atoms with Gasteiger partial charge in [0.25, 0.3) is 0 Å². The zero-order valence-corrected chi connectivity index (χ0v) is 13.1. The molecule has 0 amide bonds. The van der Waals surface area contributed by atoms with Gasteiger partial charge in [0, 0.05) is 27.8 Å². The summed E-state index contributed by atoms with van der Waals surface area (Å²) < 4.78 is 0. The van der Waals surface area contributed by atoms with Crippen molar-refractivity contribution in [3.05, 3.63) is 48.0 Å². The summed E-state index contributed by atoms with van der Waals surface area (Å²) in [6, 6.07) is 15.8. The Morgan fingerprint density at radius 1 is 1.00 bits per heavy atom. The van der Waals surface area contributed by atoms with Crippen molar-refractivity contribution in [2.75, 3.05) is 6.54 Å². The summed E-state index contributed by atoms with van der Waals surface area (Å²) in [5.74, 6) is 0.688. The van der Waals surface area contributed by atoms with Gasteiger partial charge < -0.3 is 10.3 Å². The van der Waals surface area contributed by atoms with Crippen LogP contribution in [0.3, 0.4) is 0 Å². The molecule has 21 heavy (non-hydrogen) atoms. The monoisotopic (exact) mass is 280 g/mol. The third kappa shape index (κ3) is 2.81. The van der Waals surface area contributed by atoms with Crippen molar-refractivity contribution in [1.82, 2.24) is 10.3 Å². The fraction of sp³-hybridized carbons (Fsp3) is 0.368. The van der Waals surface area contributed by atoms with Crippen molar-refractivity contribution in [3.8, 4) is 0 Å². The van der Waals surface area contributed by atoms with Gasteiger partial charge in [-0.05, 0) is 42.6 Å². The highest BCUT2D eigenvalue weighted by Crippen LogP contribution is 2.29. The number of fused-ring (bicyclic) bond motifs is 3. The smallest absolute Gasteiger partial charge is 0.0465 e. The molecule has 3 rings (SSSR count). The predicted octanol–water partition coefficient (Wildman–Crippen LogP) is 5.02. The summed E-state index contributed by atoms with van der Waals surface area (Å²) in [6.07, 6.45) is 1.17. The lowest BCUT2D eigenvalue weighted by molar-refractivity contribution is 0.439. The number of benzene rings is 2. The normalized spacial score (nSPS) is 13.3. The lowest BCUT2D eigenvalue weighted by Gasteiger charge is -2.20. The zero-order valence-electron chi connectivity index (χ0n) is 13.1. The van der Waals surface area contributed by atoms with E-state index in [2.05, 4.69) is 73.5 Å². The maximum absolute atomic E-state index is 3.62. The van der Waals surface area contributed by atoms with Crippen LogP contribution in [-0.2, 0) is 0 Å². The van der Waals surface area contributed by atoms with E-state index < -0.39 is 0 Å². The average molecular weight is 280 g/mol. The second kappa shape index (κ2) is 5.90. The molecule has 0 radical (unpaired) electrons. The summed E-state index contributed by atoms with van der Waals surface area (Å²) in [5.41, 5.74) is 3.83. The summed E-state index contributed by atoms with van der Waals surface area (Å²) in [5, 5.41) is 6.27. The number of H-pyrrole nitrogens is 1. The second-order valence-electron chi connectivity index (χ2n) is 6.22. The topological polar surface area (TPSA) is 27.8 Å². The van der Waals surface area contributed by atoms with E-state index in [4.69, 9.17) is 0 Å². The fourth-order valence-electron chi connectivity index (χ4n) is 3.14. The maximum atomic E-state index is 3.62. The van der Waals surface area contributed by atoms with Gasteiger partial charge in [-0.2, -0.15) is 0 Å². The van der Waals surface area contributed by atoms with E-state index in [1.807, 2.05) is 0 Å². The first-order valence-electron chi connectivity index (χ1n) is 7.92. The molecule has 1 aromatic heterocycles. The molecule has 2 N–H and O–H groups in total. The molecule has 0 fully saturated rings. The van der Waals surface area contributed by atoms with E-state index in [0.29, 0.717) is 12.0 Å². The van der Waals surface area contributed by atoms with Gasteiger partial charge in [-0.1, -0.05) is 45.0 Å². The molecule has 1 heterocycles. The Kier molecular flexibility index (Phi) is 3.98. The Bertz CT molecular complexity index is 739. The van der Waals surface area contributed by atoms with Gasteiger partial charge in [0.2, 0.25) is 0 Å². The lowest BCUT2D eigenvalue weighted by atomic mass is 9.95. The minimum absolute atomic E-state index is 0.438. The van der Waals surface area contributed by atoms with Gasteiger partial charge in [0.1, 0.15) is 0 Å². The van der Waals surface area contributed by atoms with Gasteiger partial charge in [-0.3, -0.25) is 0 Å². The zero-order chi connectivity index (χ0) is 14.8. The highest BCUT2D eigenvalue weighted by molar-refractivity contribution is 6.07. The van der Waals surface area contributed by atoms with Crippen LogP contribution in [0.1, 0.15) is 38.8 Å². The Morgan fingerprint density at radius 3 is 2.52 bits per heavy atom. The molecule has 0 saturated heterocycles. The first-order chi connectivity index (χ1) is 10.2. The molecular formula is C19H24N2. The average Bonchev–Trinajstić information content (AvgIpc) is 2.84. The van der Waals surface area contributed by atoms with Gasteiger partial charge in [-0.15, -0.1) is 0 Å². The summed E-state index contributed by atoms with van der Waals surface area (Å²) in [7, 11) is 0. The Morgan fingerprint density at radius 2 is 1.76 bits per heavy atom. The number of aromatic nitrogens is 1. The van der Waals surface area contributed by atoms with Crippen molar-refractivity contribution in [1.29, 1.82) is 0 Å². The Balaban J connectivity index is 2.07. The summed E-state index contributed by atoms with van der Waals surface area (Å²) in [6.45, 7) is 7.75.